The molecule has 0 aliphatic heterocycles. The maximum Gasteiger partial charge on any atom is 0.124 e. The van der Waals surface area contributed by atoms with Gasteiger partial charge in [-0.1, -0.05) is 0 Å². The lowest BCUT2D eigenvalue weighted by molar-refractivity contribution is 0.760. The van der Waals surface area contributed by atoms with Crippen molar-refractivity contribution in [3.63, 3.8) is 0 Å². The van der Waals surface area contributed by atoms with Crippen LogP contribution in [0.4, 0.5) is 0 Å². The van der Waals surface area contributed by atoms with Crippen LogP contribution < -0.4 is 0 Å². The van der Waals surface area contributed by atoms with Gasteiger partial charge in [-0.3, -0.25) is 0 Å². The largest absolute Gasteiger partial charge is 0.337 e. The highest BCUT2D eigenvalue weighted by atomic mass is 33.1. The van der Waals surface area contributed by atoms with Gasteiger partial charge in [0.2, 0.25) is 0 Å². The molecule has 4 heteroatoms. The van der Waals surface area contributed by atoms with Crippen molar-refractivity contribution in [1.29, 1.82) is 0 Å². The molecule has 0 spiro atoms. The first-order chi connectivity index (χ1) is 4.36. The highest BCUT2D eigenvalue weighted by Crippen LogP contribution is 2.17. The van der Waals surface area contributed by atoms with E-state index in [0.717, 1.165) is 11.6 Å². The standard InChI is InChI=1S/C5H8N2S2/c1-2-7-3-5(9-8)6-4-7/h3-4,8H,2H2,1H3. The summed E-state index contributed by atoms with van der Waals surface area (Å²) in [5.74, 6) is 0. The van der Waals surface area contributed by atoms with E-state index in [1.54, 1.807) is 6.33 Å². The van der Waals surface area contributed by atoms with E-state index in [1.807, 2.05) is 10.8 Å². The third kappa shape index (κ3) is 1.66. The number of thiol groups is 1. The molecule has 50 valence electrons. The number of hydrogen-bond acceptors (Lipinski definition) is 3. The lowest BCUT2D eigenvalue weighted by atomic mass is 10.7. The van der Waals surface area contributed by atoms with Gasteiger partial charge in [0.1, 0.15) is 5.03 Å². The van der Waals surface area contributed by atoms with Gasteiger partial charge in [-0.25, -0.2) is 4.98 Å². The Morgan fingerprint density at radius 2 is 2.67 bits per heavy atom. The molecule has 0 aliphatic rings. The van der Waals surface area contributed by atoms with E-state index < -0.39 is 0 Å². The third-order valence-corrected chi connectivity index (χ3v) is 2.03. The van der Waals surface area contributed by atoms with E-state index in [0.29, 0.717) is 0 Å². The van der Waals surface area contributed by atoms with Crippen LogP contribution in [0.2, 0.25) is 0 Å². The predicted octanol–water partition coefficient (Wildman–Crippen LogP) is 1.84. The van der Waals surface area contributed by atoms with Crippen LogP contribution >= 0.6 is 22.5 Å². The molecule has 0 fully saturated rings. The molecular weight excluding hydrogens is 152 g/mol. The molecule has 9 heavy (non-hydrogen) atoms. The highest BCUT2D eigenvalue weighted by molar-refractivity contribution is 8.68. The SMILES string of the molecule is CCn1cnc(SS)c1. The molecule has 1 rings (SSSR count). The van der Waals surface area contributed by atoms with E-state index in [-0.39, 0.29) is 0 Å². The van der Waals surface area contributed by atoms with Crippen molar-refractivity contribution in [1.82, 2.24) is 9.55 Å². The van der Waals surface area contributed by atoms with Crippen molar-refractivity contribution < 1.29 is 0 Å². The Kier molecular flexibility index (Phi) is 2.48. The lowest BCUT2D eigenvalue weighted by Gasteiger charge is -1.89. The molecule has 0 aromatic carbocycles. The molecule has 0 amide bonds. The summed E-state index contributed by atoms with van der Waals surface area (Å²) in [6.45, 7) is 3.05. The molecule has 1 aromatic heterocycles. The van der Waals surface area contributed by atoms with Crippen LogP contribution in [0.15, 0.2) is 17.6 Å². The van der Waals surface area contributed by atoms with Crippen molar-refractivity contribution >= 4 is 22.5 Å². The second-order valence-electron chi connectivity index (χ2n) is 1.63. The van der Waals surface area contributed by atoms with Crippen LogP contribution in [-0.4, -0.2) is 9.55 Å². The third-order valence-electron chi connectivity index (χ3n) is 1.07. The molecule has 0 N–H and O–H groups in total. The van der Waals surface area contributed by atoms with Crippen LogP contribution in [-0.2, 0) is 6.54 Å². The van der Waals surface area contributed by atoms with Crippen molar-refractivity contribution in [2.45, 2.75) is 18.5 Å². The van der Waals surface area contributed by atoms with Crippen molar-refractivity contribution in [2.75, 3.05) is 0 Å². The Labute approximate surface area is 63.5 Å². The average molecular weight is 160 g/mol. The van der Waals surface area contributed by atoms with E-state index in [9.17, 15) is 0 Å². The second-order valence-corrected chi connectivity index (χ2v) is 2.78. The molecule has 0 saturated carbocycles. The summed E-state index contributed by atoms with van der Waals surface area (Å²) >= 11 is 4.00. The van der Waals surface area contributed by atoms with Crippen molar-refractivity contribution in [2.24, 2.45) is 0 Å². The monoisotopic (exact) mass is 160 g/mol. The van der Waals surface area contributed by atoms with Crippen LogP contribution in [0, 0.1) is 0 Å². The van der Waals surface area contributed by atoms with Gasteiger partial charge in [-0.15, -0.1) is 11.7 Å². The zero-order chi connectivity index (χ0) is 6.69. The molecule has 0 unspecified atom stereocenters. The summed E-state index contributed by atoms with van der Waals surface area (Å²) < 4.78 is 2.01. The van der Waals surface area contributed by atoms with E-state index in [1.165, 1.54) is 10.8 Å². The first kappa shape index (κ1) is 7.02. The number of hydrogen-bond donors (Lipinski definition) is 1. The molecule has 0 aliphatic carbocycles. The summed E-state index contributed by atoms with van der Waals surface area (Å²) in [6.07, 6.45) is 3.77. The van der Waals surface area contributed by atoms with Gasteiger partial charge in [0.05, 0.1) is 6.33 Å². The van der Waals surface area contributed by atoms with Gasteiger partial charge >= 0.3 is 0 Å². The Balaban J connectivity index is 2.74. The molecule has 0 radical (unpaired) electrons. The van der Waals surface area contributed by atoms with E-state index in [4.69, 9.17) is 0 Å². The quantitative estimate of drug-likeness (QED) is 0.525. The maximum absolute atomic E-state index is 4.06. The number of aromatic nitrogens is 2. The molecule has 0 atom stereocenters. The summed E-state index contributed by atoms with van der Waals surface area (Å²) in [5, 5.41) is 0.959. The first-order valence-electron chi connectivity index (χ1n) is 2.70. The van der Waals surface area contributed by atoms with Crippen molar-refractivity contribution in [3.05, 3.63) is 12.5 Å². The Morgan fingerprint density at radius 3 is 3.00 bits per heavy atom. The van der Waals surface area contributed by atoms with Crippen LogP contribution in [0.25, 0.3) is 0 Å². The summed E-state index contributed by atoms with van der Waals surface area (Å²) in [4.78, 5) is 4.06. The molecular formula is C5H8N2S2. The smallest absolute Gasteiger partial charge is 0.124 e. The lowest BCUT2D eigenvalue weighted by Crippen LogP contribution is -1.86. The van der Waals surface area contributed by atoms with Gasteiger partial charge in [0.15, 0.2) is 0 Å². The summed E-state index contributed by atoms with van der Waals surface area (Å²) in [7, 11) is 1.37. The van der Waals surface area contributed by atoms with Crippen LogP contribution in [0.3, 0.4) is 0 Å². The highest BCUT2D eigenvalue weighted by Gasteiger charge is 1.92. The zero-order valence-corrected chi connectivity index (χ0v) is 6.82. The van der Waals surface area contributed by atoms with Gasteiger partial charge < -0.3 is 4.57 Å². The minimum Gasteiger partial charge on any atom is -0.337 e. The maximum atomic E-state index is 4.06. The predicted molar refractivity (Wildman–Crippen MR) is 42.7 cm³/mol. The summed E-state index contributed by atoms with van der Waals surface area (Å²) in [6, 6.07) is 0. The number of nitrogens with zero attached hydrogens (tertiary/aromatic N) is 2. The van der Waals surface area contributed by atoms with Gasteiger partial charge in [0.25, 0.3) is 0 Å². The first-order valence-corrected chi connectivity index (χ1v) is 4.57. The van der Waals surface area contributed by atoms with E-state index in [2.05, 4.69) is 23.6 Å². The average Bonchev–Trinajstić information content (AvgIpc) is 2.34. The van der Waals surface area contributed by atoms with Crippen LogP contribution in [0.5, 0.6) is 0 Å². The molecule has 2 nitrogen and oxygen atoms in total. The van der Waals surface area contributed by atoms with Gasteiger partial charge in [-0.2, -0.15) is 0 Å². The normalized spacial score (nSPS) is 10.0. The Hall–Kier alpha value is -0.0900. The zero-order valence-electron chi connectivity index (χ0n) is 5.11. The number of imidazole rings is 1. The fourth-order valence-corrected chi connectivity index (χ4v) is 1.12. The molecule has 1 heterocycles. The van der Waals surface area contributed by atoms with Crippen molar-refractivity contribution in [3.8, 4) is 0 Å². The summed E-state index contributed by atoms with van der Waals surface area (Å²) in [5.41, 5.74) is 0. The minimum atomic E-state index is 0.959. The molecule has 0 saturated heterocycles. The minimum absolute atomic E-state index is 0.959. The van der Waals surface area contributed by atoms with Gasteiger partial charge in [0, 0.05) is 12.7 Å². The number of rotatable bonds is 2. The topological polar surface area (TPSA) is 17.8 Å². The Morgan fingerprint density at radius 1 is 1.89 bits per heavy atom. The fraction of sp³-hybridized carbons (Fsp3) is 0.400. The number of aryl methyl sites for hydroxylation is 1. The van der Waals surface area contributed by atoms with E-state index >= 15 is 0 Å². The van der Waals surface area contributed by atoms with Crippen LogP contribution in [0.1, 0.15) is 6.92 Å². The second kappa shape index (κ2) is 3.17. The van der Waals surface area contributed by atoms with Gasteiger partial charge in [-0.05, 0) is 17.7 Å². The Bertz CT molecular complexity index is 166. The molecule has 0 bridgehead atoms. The fourth-order valence-electron chi connectivity index (χ4n) is 0.560. The molecule has 1 aromatic rings.